The fraction of sp³-hybridized carbons (Fsp3) is 0.0800. The fourth-order valence-corrected chi connectivity index (χ4v) is 4.48. The van der Waals surface area contributed by atoms with E-state index in [1.54, 1.807) is 0 Å². The van der Waals surface area contributed by atoms with Crippen molar-refractivity contribution in [2.45, 2.75) is 13.8 Å². The molecule has 0 fully saturated rings. The third-order valence-electron chi connectivity index (χ3n) is 5.34. The molecule has 2 aromatic heterocycles. The van der Waals surface area contributed by atoms with Crippen LogP contribution < -0.4 is 5.32 Å². The quantitative estimate of drug-likeness (QED) is 0.376. The Morgan fingerprint density at radius 2 is 1.67 bits per heavy atom. The molecule has 5 rings (SSSR count). The lowest BCUT2D eigenvalue weighted by molar-refractivity contribution is 0.102. The number of benzene rings is 3. The number of pyridine rings is 1. The van der Waals surface area contributed by atoms with Gasteiger partial charge in [-0.15, -0.1) is 0 Å². The standard InChI is InChI=1S/C25H19N3OS/c1-15-12-13-22-23(16(15)2)27-25(30-22)28-24(29)19-14-21(17-8-4-3-5-9-17)26-20-11-7-6-10-18(19)20/h3-14H,1-2H3,(H,27,28,29). The van der Waals surface area contributed by atoms with Crippen LogP contribution in [0.3, 0.4) is 0 Å². The highest BCUT2D eigenvalue weighted by molar-refractivity contribution is 7.22. The Bertz CT molecular complexity index is 1410. The number of hydrogen-bond donors (Lipinski definition) is 1. The van der Waals surface area contributed by atoms with Crippen molar-refractivity contribution in [1.29, 1.82) is 0 Å². The van der Waals surface area contributed by atoms with Crippen LogP contribution in [0.2, 0.25) is 0 Å². The summed E-state index contributed by atoms with van der Waals surface area (Å²) in [6, 6.07) is 23.6. The summed E-state index contributed by atoms with van der Waals surface area (Å²) >= 11 is 1.49. The van der Waals surface area contributed by atoms with Crippen LogP contribution in [-0.4, -0.2) is 15.9 Å². The number of rotatable bonds is 3. The maximum Gasteiger partial charge on any atom is 0.258 e. The van der Waals surface area contributed by atoms with Crippen LogP contribution in [0.5, 0.6) is 0 Å². The largest absolute Gasteiger partial charge is 0.298 e. The highest BCUT2D eigenvalue weighted by Gasteiger charge is 2.16. The maximum atomic E-state index is 13.3. The highest BCUT2D eigenvalue weighted by Crippen LogP contribution is 2.31. The lowest BCUT2D eigenvalue weighted by Gasteiger charge is -2.09. The molecule has 0 saturated carbocycles. The van der Waals surface area contributed by atoms with Gasteiger partial charge in [0.25, 0.3) is 5.91 Å². The van der Waals surface area contributed by atoms with Crippen LogP contribution >= 0.6 is 11.3 Å². The van der Waals surface area contributed by atoms with Crippen molar-refractivity contribution >= 4 is 43.5 Å². The number of para-hydroxylation sites is 1. The topological polar surface area (TPSA) is 54.9 Å². The predicted octanol–water partition coefficient (Wildman–Crippen LogP) is 6.38. The van der Waals surface area contributed by atoms with Gasteiger partial charge in [0.1, 0.15) is 0 Å². The summed E-state index contributed by atoms with van der Waals surface area (Å²) in [6.07, 6.45) is 0. The molecular weight excluding hydrogens is 390 g/mol. The van der Waals surface area contributed by atoms with Gasteiger partial charge in [0, 0.05) is 10.9 Å². The molecule has 0 radical (unpaired) electrons. The van der Waals surface area contributed by atoms with Crippen molar-refractivity contribution in [3.63, 3.8) is 0 Å². The van der Waals surface area contributed by atoms with Crippen LogP contribution in [0.4, 0.5) is 5.13 Å². The van der Waals surface area contributed by atoms with Crippen LogP contribution in [0, 0.1) is 13.8 Å². The Morgan fingerprint density at radius 3 is 2.50 bits per heavy atom. The van der Waals surface area contributed by atoms with E-state index in [9.17, 15) is 4.79 Å². The molecule has 0 aliphatic heterocycles. The van der Waals surface area contributed by atoms with E-state index in [4.69, 9.17) is 4.98 Å². The third kappa shape index (κ3) is 3.23. The van der Waals surface area contributed by atoms with E-state index in [2.05, 4.69) is 36.3 Å². The minimum atomic E-state index is -0.181. The summed E-state index contributed by atoms with van der Waals surface area (Å²) in [7, 11) is 0. The molecule has 0 unspecified atom stereocenters. The molecule has 0 atom stereocenters. The first-order valence-corrected chi connectivity index (χ1v) is 10.5. The summed E-state index contributed by atoms with van der Waals surface area (Å²) in [5, 5.41) is 4.43. The fourth-order valence-electron chi connectivity index (χ4n) is 3.56. The number of hydrogen-bond acceptors (Lipinski definition) is 4. The Labute approximate surface area is 178 Å². The number of nitrogens with zero attached hydrogens (tertiary/aromatic N) is 2. The zero-order valence-corrected chi connectivity index (χ0v) is 17.5. The lowest BCUT2D eigenvalue weighted by Crippen LogP contribution is -2.13. The number of amides is 1. The van der Waals surface area contributed by atoms with Gasteiger partial charge in [-0.3, -0.25) is 10.1 Å². The van der Waals surface area contributed by atoms with Gasteiger partial charge in [0.05, 0.1) is 27.0 Å². The number of fused-ring (bicyclic) bond motifs is 2. The molecule has 0 saturated heterocycles. The van der Waals surface area contributed by atoms with Gasteiger partial charge in [-0.25, -0.2) is 9.97 Å². The third-order valence-corrected chi connectivity index (χ3v) is 6.27. The average molecular weight is 410 g/mol. The first-order valence-electron chi connectivity index (χ1n) is 9.73. The van der Waals surface area contributed by atoms with Gasteiger partial charge in [-0.2, -0.15) is 0 Å². The molecule has 2 heterocycles. The molecule has 146 valence electrons. The maximum absolute atomic E-state index is 13.3. The van der Waals surface area contributed by atoms with E-state index in [1.165, 1.54) is 16.9 Å². The molecule has 0 aliphatic rings. The Morgan fingerprint density at radius 1 is 0.900 bits per heavy atom. The molecule has 5 aromatic rings. The number of thiazole rings is 1. The number of nitrogens with one attached hydrogen (secondary N) is 1. The summed E-state index contributed by atoms with van der Waals surface area (Å²) in [5.74, 6) is -0.181. The SMILES string of the molecule is Cc1ccc2sc(NC(=O)c3cc(-c4ccccc4)nc4ccccc34)nc2c1C. The van der Waals surface area contributed by atoms with E-state index in [1.807, 2.05) is 60.7 Å². The Balaban J connectivity index is 1.58. The first-order chi connectivity index (χ1) is 14.6. The number of carbonyl (C=O) groups is 1. The lowest BCUT2D eigenvalue weighted by atomic mass is 10.0. The van der Waals surface area contributed by atoms with E-state index < -0.39 is 0 Å². The average Bonchev–Trinajstić information content (AvgIpc) is 3.19. The zero-order chi connectivity index (χ0) is 20.7. The molecule has 30 heavy (non-hydrogen) atoms. The van der Waals surface area contributed by atoms with Crippen molar-refractivity contribution in [3.05, 3.63) is 89.5 Å². The molecule has 5 heteroatoms. The smallest absolute Gasteiger partial charge is 0.258 e. The molecule has 0 aliphatic carbocycles. The molecule has 1 N–H and O–H groups in total. The van der Waals surface area contributed by atoms with E-state index in [0.29, 0.717) is 10.7 Å². The predicted molar refractivity (Wildman–Crippen MR) is 124 cm³/mol. The van der Waals surface area contributed by atoms with E-state index >= 15 is 0 Å². The summed E-state index contributed by atoms with van der Waals surface area (Å²) < 4.78 is 1.07. The van der Waals surface area contributed by atoms with Crippen LogP contribution in [0.15, 0.2) is 72.8 Å². The normalized spacial score (nSPS) is 11.1. The molecule has 4 nitrogen and oxygen atoms in total. The van der Waals surface area contributed by atoms with Crippen LogP contribution in [0.25, 0.3) is 32.4 Å². The number of aryl methyl sites for hydroxylation is 2. The van der Waals surface area contributed by atoms with Crippen molar-refractivity contribution in [3.8, 4) is 11.3 Å². The molecule has 0 bridgehead atoms. The molecular formula is C25H19N3OS. The van der Waals surface area contributed by atoms with Crippen molar-refractivity contribution in [1.82, 2.24) is 9.97 Å². The van der Waals surface area contributed by atoms with Gasteiger partial charge < -0.3 is 0 Å². The summed E-state index contributed by atoms with van der Waals surface area (Å²) in [5.41, 5.74) is 6.41. The monoisotopic (exact) mass is 409 g/mol. The van der Waals surface area contributed by atoms with E-state index in [-0.39, 0.29) is 5.91 Å². The van der Waals surface area contributed by atoms with Gasteiger partial charge in [-0.1, -0.05) is 65.9 Å². The Kier molecular flexibility index (Phi) is 4.52. The second-order valence-corrected chi connectivity index (χ2v) is 8.30. The Hall–Kier alpha value is -3.57. The molecule has 1 amide bonds. The second-order valence-electron chi connectivity index (χ2n) is 7.27. The van der Waals surface area contributed by atoms with Crippen LogP contribution in [0.1, 0.15) is 21.5 Å². The van der Waals surface area contributed by atoms with Crippen LogP contribution in [-0.2, 0) is 0 Å². The van der Waals surface area contributed by atoms with Gasteiger partial charge in [0.15, 0.2) is 5.13 Å². The first kappa shape index (κ1) is 18.5. The van der Waals surface area contributed by atoms with Crippen molar-refractivity contribution in [2.24, 2.45) is 0 Å². The molecule has 0 spiro atoms. The van der Waals surface area contributed by atoms with Gasteiger partial charge in [0.2, 0.25) is 0 Å². The zero-order valence-electron chi connectivity index (χ0n) is 16.6. The van der Waals surface area contributed by atoms with Gasteiger partial charge in [-0.05, 0) is 43.2 Å². The van der Waals surface area contributed by atoms with Gasteiger partial charge >= 0.3 is 0 Å². The van der Waals surface area contributed by atoms with E-state index in [0.717, 1.165) is 37.9 Å². The summed E-state index contributed by atoms with van der Waals surface area (Å²) in [6.45, 7) is 4.13. The second kappa shape index (κ2) is 7.35. The summed E-state index contributed by atoms with van der Waals surface area (Å²) in [4.78, 5) is 22.7. The molecule has 3 aromatic carbocycles. The number of anilines is 1. The van der Waals surface area contributed by atoms with Crippen molar-refractivity contribution < 1.29 is 4.79 Å². The highest BCUT2D eigenvalue weighted by atomic mass is 32.1. The minimum Gasteiger partial charge on any atom is -0.298 e. The number of aromatic nitrogens is 2. The number of carbonyl (C=O) groups excluding carboxylic acids is 1. The van der Waals surface area contributed by atoms with Crippen molar-refractivity contribution in [2.75, 3.05) is 5.32 Å². The minimum absolute atomic E-state index is 0.181.